The molecule has 0 bridgehead atoms. The first-order valence-electron chi connectivity index (χ1n) is 6.57. The number of nitrogens with one attached hydrogen (secondary N) is 1. The van der Waals surface area contributed by atoms with Crippen LogP contribution in [0.1, 0.15) is 16.8 Å². The zero-order valence-electron chi connectivity index (χ0n) is 11.5. The molecule has 0 spiro atoms. The fourth-order valence-electron chi connectivity index (χ4n) is 1.89. The second-order valence-corrected chi connectivity index (χ2v) is 5.02. The van der Waals surface area contributed by atoms with Crippen LogP contribution in [0.15, 0.2) is 47.8 Å². The first kappa shape index (κ1) is 15.3. The Kier molecular flexibility index (Phi) is 5.54. The van der Waals surface area contributed by atoms with Crippen LogP contribution in [0.3, 0.4) is 0 Å². The van der Waals surface area contributed by atoms with E-state index in [1.54, 1.807) is 12.3 Å². The van der Waals surface area contributed by atoms with Gasteiger partial charge in [0.15, 0.2) is 5.84 Å². The van der Waals surface area contributed by atoms with Crippen molar-refractivity contribution in [2.75, 3.05) is 6.54 Å². The number of nitrogens with zero attached hydrogens (tertiary/aromatic N) is 2. The number of amidine groups is 1. The van der Waals surface area contributed by atoms with Crippen molar-refractivity contribution < 1.29 is 5.21 Å². The number of benzene rings is 1. The first-order valence-corrected chi connectivity index (χ1v) is 6.95. The summed E-state index contributed by atoms with van der Waals surface area (Å²) in [5.74, 6) is 0.0121. The third-order valence-electron chi connectivity index (χ3n) is 3.03. The summed E-state index contributed by atoms with van der Waals surface area (Å²) in [4.78, 5) is 4.04. The summed E-state index contributed by atoms with van der Waals surface area (Å²) < 4.78 is 0. The molecule has 1 heterocycles. The highest BCUT2D eigenvalue weighted by atomic mass is 35.5. The van der Waals surface area contributed by atoms with Gasteiger partial charge >= 0.3 is 0 Å². The van der Waals surface area contributed by atoms with Crippen LogP contribution in [0.25, 0.3) is 0 Å². The summed E-state index contributed by atoms with van der Waals surface area (Å²) in [7, 11) is 0. The quantitative estimate of drug-likeness (QED) is 0.251. The minimum Gasteiger partial charge on any atom is -0.409 e. The lowest BCUT2D eigenvalue weighted by molar-refractivity contribution is 0.318. The number of halogens is 1. The van der Waals surface area contributed by atoms with Gasteiger partial charge in [0.05, 0.1) is 0 Å². The van der Waals surface area contributed by atoms with Crippen LogP contribution in [-0.4, -0.2) is 22.6 Å². The number of nitrogens with two attached hydrogens (primary N) is 1. The number of pyridine rings is 1. The van der Waals surface area contributed by atoms with Gasteiger partial charge in [0.2, 0.25) is 0 Å². The van der Waals surface area contributed by atoms with E-state index in [1.165, 1.54) is 5.56 Å². The molecule has 110 valence electrons. The van der Waals surface area contributed by atoms with Gasteiger partial charge < -0.3 is 16.3 Å². The Morgan fingerprint density at radius 1 is 1.24 bits per heavy atom. The van der Waals surface area contributed by atoms with Gasteiger partial charge in [-0.05, 0) is 48.4 Å². The summed E-state index contributed by atoms with van der Waals surface area (Å²) >= 11 is 5.85. The van der Waals surface area contributed by atoms with Crippen molar-refractivity contribution in [1.29, 1.82) is 0 Å². The van der Waals surface area contributed by atoms with Crippen LogP contribution in [0, 0.1) is 0 Å². The lowest BCUT2D eigenvalue weighted by Crippen LogP contribution is -2.18. The average Bonchev–Trinajstić information content (AvgIpc) is 2.53. The highest BCUT2D eigenvalue weighted by Gasteiger charge is 2.02. The molecule has 0 unspecified atom stereocenters. The van der Waals surface area contributed by atoms with Crippen molar-refractivity contribution in [2.24, 2.45) is 10.9 Å². The maximum Gasteiger partial charge on any atom is 0.188 e. The summed E-state index contributed by atoms with van der Waals surface area (Å²) in [6.07, 6.45) is 2.57. The predicted octanol–water partition coefficient (Wildman–Crippen LogP) is 2.16. The Hall–Kier alpha value is -2.11. The molecule has 0 aliphatic rings. The second kappa shape index (κ2) is 7.61. The Balaban J connectivity index is 1.82. The van der Waals surface area contributed by atoms with Crippen molar-refractivity contribution in [3.8, 4) is 0 Å². The van der Waals surface area contributed by atoms with Crippen LogP contribution >= 0.6 is 11.6 Å². The number of hydrogen-bond acceptors (Lipinski definition) is 4. The van der Waals surface area contributed by atoms with E-state index in [2.05, 4.69) is 15.5 Å². The molecule has 0 saturated heterocycles. The second-order valence-electron chi connectivity index (χ2n) is 4.59. The monoisotopic (exact) mass is 304 g/mol. The molecule has 0 aliphatic heterocycles. The van der Waals surface area contributed by atoms with Crippen molar-refractivity contribution in [1.82, 2.24) is 10.3 Å². The van der Waals surface area contributed by atoms with E-state index in [0.717, 1.165) is 23.6 Å². The van der Waals surface area contributed by atoms with Gasteiger partial charge in [0.1, 0.15) is 5.69 Å². The van der Waals surface area contributed by atoms with E-state index in [-0.39, 0.29) is 5.84 Å². The normalized spacial score (nSPS) is 11.6. The van der Waals surface area contributed by atoms with Crippen LogP contribution in [0.4, 0.5) is 0 Å². The molecule has 0 amide bonds. The van der Waals surface area contributed by atoms with Crippen LogP contribution in [-0.2, 0) is 13.0 Å². The standard InChI is InChI=1S/C15H17ClN4O/c16-13-3-1-11(2-4-13)5-7-18-10-12-6-8-19-14(9-12)15(17)20-21/h1-4,6,8-9,18,21H,5,7,10H2,(H2,17,20). The van der Waals surface area contributed by atoms with Gasteiger partial charge in [0, 0.05) is 17.8 Å². The maximum absolute atomic E-state index is 8.64. The summed E-state index contributed by atoms with van der Waals surface area (Å²) in [6.45, 7) is 1.55. The first-order chi connectivity index (χ1) is 10.2. The van der Waals surface area contributed by atoms with Crippen LogP contribution in [0.5, 0.6) is 0 Å². The maximum atomic E-state index is 8.64. The van der Waals surface area contributed by atoms with Gasteiger partial charge in [-0.1, -0.05) is 28.9 Å². The van der Waals surface area contributed by atoms with E-state index < -0.39 is 0 Å². The molecule has 6 heteroatoms. The van der Waals surface area contributed by atoms with Gasteiger partial charge in [-0.3, -0.25) is 4.98 Å². The minimum absolute atomic E-state index is 0.0121. The van der Waals surface area contributed by atoms with Crippen molar-refractivity contribution in [3.05, 3.63) is 64.4 Å². The van der Waals surface area contributed by atoms with Gasteiger partial charge in [-0.2, -0.15) is 0 Å². The molecular weight excluding hydrogens is 288 g/mol. The fraction of sp³-hybridized carbons (Fsp3) is 0.200. The Labute approximate surface area is 128 Å². The van der Waals surface area contributed by atoms with E-state index >= 15 is 0 Å². The lowest BCUT2D eigenvalue weighted by Gasteiger charge is -2.06. The number of hydrogen-bond donors (Lipinski definition) is 3. The van der Waals surface area contributed by atoms with Crippen LogP contribution < -0.4 is 11.1 Å². The molecule has 2 rings (SSSR count). The molecular formula is C15H17ClN4O. The van der Waals surface area contributed by atoms with E-state index in [1.807, 2.05) is 30.3 Å². The molecule has 0 fully saturated rings. The number of rotatable bonds is 6. The van der Waals surface area contributed by atoms with Crippen molar-refractivity contribution in [2.45, 2.75) is 13.0 Å². The molecule has 0 atom stereocenters. The third kappa shape index (κ3) is 4.73. The SMILES string of the molecule is NC(=NO)c1cc(CNCCc2ccc(Cl)cc2)ccn1. The topological polar surface area (TPSA) is 83.5 Å². The smallest absolute Gasteiger partial charge is 0.188 e. The van der Waals surface area contributed by atoms with Crippen molar-refractivity contribution >= 4 is 17.4 Å². The summed E-state index contributed by atoms with van der Waals surface area (Å²) in [6, 6.07) is 11.5. The number of aromatic nitrogens is 1. The van der Waals surface area contributed by atoms with Gasteiger partial charge in [-0.25, -0.2) is 0 Å². The minimum atomic E-state index is 0.0121. The molecule has 0 aliphatic carbocycles. The highest BCUT2D eigenvalue weighted by Crippen LogP contribution is 2.09. The number of oxime groups is 1. The largest absolute Gasteiger partial charge is 0.409 e. The van der Waals surface area contributed by atoms with E-state index in [0.29, 0.717) is 12.2 Å². The molecule has 1 aromatic carbocycles. The fourth-order valence-corrected chi connectivity index (χ4v) is 2.02. The third-order valence-corrected chi connectivity index (χ3v) is 3.28. The zero-order chi connectivity index (χ0) is 15.1. The average molecular weight is 305 g/mol. The van der Waals surface area contributed by atoms with Gasteiger partial charge in [-0.15, -0.1) is 0 Å². The summed E-state index contributed by atoms with van der Waals surface area (Å²) in [5, 5.41) is 15.7. The van der Waals surface area contributed by atoms with E-state index in [4.69, 9.17) is 22.5 Å². The molecule has 1 aromatic heterocycles. The Morgan fingerprint density at radius 2 is 2.00 bits per heavy atom. The summed E-state index contributed by atoms with van der Waals surface area (Å²) in [5.41, 5.74) is 8.25. The van der Waals surface area contributed by atoms with Crippen molar-refractivity contribution in [3.63, 3.8) is 0 Å². The van der Waals surface area contributed by atoms with Crippen LogP contribution in [0.2, 0.25) is 5.02 Å². The Morgan fingerprint density at radius 3 is 2.71 bits per heavy atom. The molecule has 4 N–H and O–H groups in total. The predicted molar refractivity (Wildman–Crippen MR) is 83.6 cm³/mol. The zero-order valence-corrected chi connectivity index (χ0v) is 12.2. The molecule has 0 saturated carbocycles. The van der Waals surface area contributed by atoms with Gasteiger partial charge in [0.25, 0.3) is 0 Å². The molecule has 5 nitrogen and oxygen atoms in total. The molecule has 2 aromatic rings. The highest BCUT2D eigenvalue weighted by molar-refractivity contribution is 6.30. The van der Waals surface area contributed by atoms with E-state index in [9.17, 15) is 0 Å². The molecule has 0 radical (unpaired) electrons. The lowest BCUT2D eigenvalue weighted by atomic mass is 10.1. The molecule has 21 heavy (non-hydrogen) atoms. The Bertz CT molecular complexity index is 613.